The van der Waals surface area contributed by atoms with Crippen molar-refractivity contribution < 1.29 is 14.7 Å². The molecule has 0 bridgehead atoms. The van der Waals surface area contributed by atoms with Crippen LogP contribution < -0.4 is 5.32 Å². The molecule has 1 heterocycles. The van der Waals surface area contributed by atoms with Crippen LogP contribution in [0.25, 0.3) is 0 Å². The zero-order chi connectivity index (χ0) is 13.1. The van der Waals surface area contributed by atoms with E-state index in [9.17, 15) is 9.90 Å². The van der Waals surface area contributed by atoms with E-state index in [1.165, 1.54) is 5.06 Å². The summed E-state index contributed by atoms with van der Waals surface area (Å²) < 4.78 is 0. The molecule has 7 heteroatoms. The first-order valence-electron chi connectivity index (χ1n) is 5.35. The number of halogens is 2. The third-order valence-corrected chi connectivity index (χ3v) is 2.95. The molecule has 1 aromatic carbocycles. The first-order chi connectivity index (χ1) is 8.54. The molecule has 1 aliphatic heterocycles. The van der Waals surface area contributed by atoms with Crippen LogP contribution in [0.1, 0.15) is 0 Å². The smallest absolute Gasteiger partial charge is 0.241 e. The number of amides is 1. The molecule has 5 nitrogen and oxygen atoms in total. The van der Waals surface area contributed by atoms with Crippen LogP contribution in [-0.4, -0.2) is 41.9 Å². The number of β-amino-alcohol motifs (C(OH)–C–C–N with tert-alkyl or cyclic N) is 1. The van der Waals surface area contributed by atoms with Crippen LogP contribution in [0.5, 0.6) is 0 Å². The number of aliphatic hydroxyl groups excluding tert-OH is 1. The van der Waals surface area contributed by atoms with Gasteiger partial charge in [-0.2, -0.15) is 5.06 Å². The van der Waals surface area contributed by atoms with Crippen LogP contribution in [0, 0.1) is 0 Å². The lowest BCUT2D eigenvalue weighted by atomic mass is 10.3. The Labute approximate surface area is 114 Å². The quantitative estimate of drug-likeness (QED) is 0.887. The van der Waals surface area contributed by atoms with E-state index in [1.807, 2.05) is 0 Å². The molecule has 0 unspecified atom stereocenters. The molecule has 0 spiro atoms. The molecule has 1 saturated heterocycles. The van der Waals surface area contributed by atoms with Gasteiger partial charge in [-0.25, -0.2) is 0 Å². The highest BCUT2D eigenvalue weighted by Gasteiger charge is 2.23. The van der Waals surface area contributed by atoms with Crippen LogP contribution in [0.4, 0.5) is 5.69 Å². The van der Waals surface area contributed by atoms with Gasteiger partial charge in [0.2, 0.25) is 5.91 Å². The number of carbonyl (C=O) groups excluding carboxylic acids is 1. The van der Waals surface area contributed by atoms with E-state index in [4.69, 9.17) is 28.0 Å². The average Bonchev–Trinajstić information content (AvgIpc) is 2.69. The Morgan fingerprint density at radius 2 is 2.33 bits per heavy atom. The van der Waals surface area contributed by atoms with Crippen LogP contribution in [0.3, 0.4) is 0 Å². The molecular formula is C11H12Cl2N2O3. The van der Waals surface area contributed by atoms with Crippen molar-refractivity contribution in [1.82, 2.24) is 5.06 Å². The third kappa shape index (κ3) is 3.57. The van der Waals surface area contributed by atoms with E-state index in [2.05, 4.69) is 5.32 Å². The second kappa shape index (κ2) is 5.86. The minimum absolute atomic E-state index is 0.0277. The summed E-state index contributed by atoms with van der Waals surface area (Å²) in [5, 5.41) is 14.2. The van der Waals surface area contributed by atoms with E-state index < -0.39 is 6.10 Å². The summed E-state index contributed by atoms with van der Waals surface area (Å²) in [4.78, 5) is 16.8. The topological polar surface area (TPSA) is 61.8 Å². The monoisotopic (exact) mass is 290 g/mol. The molecule has 1 fully saturated rings. The molecule has 1 aromatic rings. The zero-order valence-electron chi connectivity index (χ0n) is 9.40. The second-order valence-corrected chi connectivity index (χ2v) is 4.79. The molecular weight excluding hydrogens is 279 g/mol. The number of hydrogen-bond donors (Lipinski definition) is 2. The van der Waals surface area contributed by atoms with Gasteiger partial charge in [0.15, 0.2) is 0 Å². The summed E-state index contributed by atoms with van der Waals surface area (Å²) in [6, 6.07) is 4.82. The summed E-state index contributed by atoms with van der Waals surface area (Å²) in [6.07, 6.45) is -0.549. The summed E-state index contributed by atoms with van der Waals surface area (Å²) in [5.41, 5.74) is 0.453. The van der Waals surface area contributed by atoms with Crippen LogP contribution in [0.15, 0.2) is 18.2 Å². The van der Waals surface area contributed by atoms with Crippen molar-refractivity contribution >= 4 is 34.8 Å². The molecule has 98 valence electrons. The molecule has 1 atom stereocenters. The van der Waals surface area contributed by atoms with Crippen molar-refractivity contribution in [2.75, 3.05) is 25.0 Å². The maximum atomic E-state index is 11.7. The van der Waals surface area contributed by atoms with Crippen molar-refractivity contribution in [2.45, 2.75) is 6.10 Å². The minimum Gasteiger partial charge on any atom is -0.389 e. The van der Waals surface area contributed by atoms with Gasteiger partial charge in [-0.3, -0.25) is 9.63 Å². The van der Waals surface area contributed by atoms with Crippen LogP contribution in [-0.2, 0) is 9.63 Å². The van der Waals surface area contributed by atoms with Gasteiger partial charge in [-0.05, 0) is 18.2 Å². The Morgan fingerprint density at radius 1 is 1.56 bits per heavy atom. The van der Waals surface area contributed by atoms with Crippen molar-refractivity contribution in [3.63, 3.8) is 0 Å². The average molecular weight is 291 g/mol. The number of rotatable bonds is 3. The van der Waals surface area contributed by atoms with Crippen molar-refractivity contribution in [3.8, 4) is 0 Å². The van der Waals surface area contributed by atoms with Crippen LogP contribution >= 0.6 is 23.2 Å². The molecule has 0 saturated carbocycles. The number of hydrogen-bond acceptors (Lipinski definition) is 4. The first-order valence-corrected chi connectivity index (χ1v) is 6.11. The molecule has 0 aromatic heterocycles. The SMILES string of the molecule is O=C(CN1C[C@H](O)CO1)Nc1cc(Cl)ccc1Cl. The highest BCUT2D eigenvalue weighted by Crippen LogP contribution is 2.25. The Morgan fingerprint density at radius 3 is 3.00 bits per heavy atom. The normalized spacial score (nSPS) is 20.1. The summed E-state index contributed by atoms with van der Waals surface area (Å²) in [5.74, 6) is -0.284. The fourth-order valence-electron chi connectivity index (χ4n) is 1.59. The Kier molecular flexibility index (Phi) is 4.42. The Hall–Kier alpha value is -0.850. The number of anilines is 1. The molecule has 2 rings (SSSR count). The Bertz CT molecular complexity index is 456. The zero-order valence-corrected chi connectivity index (χ0v) is 10.9. The first kappa shape index (κ1) is 13.6. The number of aliphatic hydroxyl groups is 1. The molecule has 2 N–H and O–H groups in total. The number of carbonyl (C=O) groups is 1. The predicted octanol–water partition coefficient (Wildman–Crippen LogP) is 1.54. The fourth-order valence-corrected chi connectivity index (χ4v) is 1.92. The van der Waals surface area contributed by atoms with Crippen LogP contribution in [0.2, 0.25) is 10.0 Å². The van der Waals surface area contributed by atoms with Gasteiger partial charge in [-0.1, -0.05) is 23.2 Å². The lowest BCUT2D eigenvalue weighted by Crippen LogP contribution is -2.31. The highest BCUT2D eigenvalue weighted by molar-refractivity contribution is 6.35. The standard InChI is InChI=1S/C11H12Cl2N2O3/c12-7-1-2-9(13)10(3-7)14-11(17)5-15-4-8(16)6-18-15/h1-3,8,16H,4-6H2,(H,14,17)/t8-/m0/s1. The van der Waals surface area contributed by atoms with Crippen molar-refractivity contribution in [2.24, 2.45) is 0 Å². The maximum Gasteiger partial charge on any atom is 0.241 e. The highest BCUT2D eigenvalue weighted by atomic mass is 35.5. The van der Waals surface area contributed by atoms with Crippen molar-refractivity contribution in [3.05, 3.63) is 28.2 Å². The van der Waals surface area contributed by atoms with Gasteiger partial charge in [0.25, 0.3) is 0 Å². The summed E-state index contributed by atoms with van der Waals surface area (Å²) in [7, 11) is 0. The molecule has 0 aliphatic carbocycles. The lowest BCUT2D eigenvalue weighted by molar-refractivity contribution is -0.138. The van der Waals surface area contributed by atoms with Gasteiger partial charge in [0, 0.05) is 5.02 Å². The maximum absolute atomic E-state index is 11.7. The minimum atomic E-state index is -0.549. The van der Waals surface area contributed by atoms with Gasteiger partial charge in [-0.15, -0.1) is 0 Å². The van der Waals surface area contributed by atoms with E-state index in [1.54, 1.807) is 18.2 Å². The number of benzene rings is 1. The number of nitrogens with one attached hydrogen (secondary N) is 1. The summed E-state index contributed by atoms with van der Waals surface area (Å²) in [6.45, 7) is 0.557. The van der Waals surface area contributed by atoms with Crippen molar-refractivity contribution in [1.29, 1.82) is 0 Å². The molecule has 1 aliphatic rings. The number of hydroxylamine groups is 2. The molecule has 1 amide bonds. The fraction of sp³-hybridized carbons (Fsp3) is 0.364. The number of nitrogens with zero attached hydrogens (tertiary/aromatic N) is 1. The predicted molar refractivity (Wildman–Crippen MR) is 68.6 cm³/mol. The van der Waals surface area contributed by atoms with E-state index in [0.29, 0.717) is 22.3 Å². The third-order valence-electron chi connectivity index (χ3n) is 2.39. The Balaban J connectivity index is 1.92. The van der Waals surface area contributed by atoms with Gasteiger partial charge < -0.3 is 10.4 Å². The largest absolute Gasteiger partial charge is 0.389 e. The molecule has 0 radical (unpaired) electrons. The molecule has 18 heavy (non-hydrogen) atoms. The van der Waals surface area contributed by atoms with Gasteiger partial charge >= 0.3 is 0 Å². The summed E-state index contributed by atoms with van der Waals surface area (Å²) >= 11 is 11.7. The van der Waals surface area contributed by atoms with E-state index >= 15 is 0 Å². The van der Waals surface area contributed by atoms with E-state index in [0.717, 1.165) is 0 Å². The van der Waals surface area contributed by atoms with E-state index in [-0.39, 0.29) is 19.1 Å². The second-order valence-electron chi connectivity index (χ2n) is 3.94. The lowest BCUT2D eigenvalue weighted by Gasteiger charge is -2.13. The van der Waals surface area contributed by atoms with Gasteiger partial charge in [0.05, 0.1) is 30.0 Å². The van der Waals surface area contributed by atoms with Gasteiger partial charge in [0.1, 0.15) is 6.54 Å².